The van der Waals surface area contributed by atoms with Gasteiger partial charge in [-0.3, -0.25) is 9.78 Å². The molecule has 2 aromatic carbocycles. The first-order valence-corrected chi connectivity index (χ1v) is 9.73. The molecule has 0 saturated carbocycles. The molecule has 0 saturated heterocycles. The number of nitrogens with zero attached hydrogens (tertiary/aromatic N) is 1. The summed E-state index contributed by atoms with van der Waals surface area (Å²) in [5.41, 5.74) is -2.96. The van der Waals surface area contributed by atoms with Gasteiger partial charge in [-0.25, -0.2) is 0 Å². The maximum atomic E-state index is 13.6. The van der Waals surface area contributed by atoms with Crippen molar-refractivity contribution < 1.29 is 49.0 Å². The van der Waals surface area contributed by atoms with Crippen LogP contribution in [0.5, 0.6) is 5.75 Å². The zero-order valence-corrected chi connectivity index (χ0v) is 17.3. The number of halogens is 9. The van der Waals surface area contributed by atoms with Gasteiger partial charge in [-0.2, -0.15) is 26.3 Å². The van der Waals surface area contributed by atoms with E-state index in [-0.39, 0.29) is 11.1 Å². The summed E-state index contributed by atoms with van der Waals surface area (Å²) in [6, 6.07) is 8.72. The lowest BCUT2D eigenvalue weighted by Crippen LogP contribution is -2.18. The lowest BCUT2D eigenvalue weighted by Gasteiger charge is -2.21. The minimum atomic E-state index is -4.97. The Balaban J connectivity index is 1.99. The zero-order chi connectivity index (χ0) is 26.0. The van der Waals surface area contributed by atoms with Gasteiger partial charge in [0.1, 0.15) is 5.75 Å². The quantitative estimate of drug-likeness (QED) is 0.258. The Morgan fingerprint density at radius 1 is 0.800 bits per heavy atom. The number of ether oxygens (including phenoxy) is 1. The number of rotatable bonds is 6. The monoisotopic (exact) mass is 507 g/mol. The maximum absolute atomic E-state index is 13.6. The van der Waals surface area contributed by atoms with Gasteiger partial charge >= 0.3 is 18.7 Å². The van der Waals surface area contributed by atoms with E-state index < -0.39 is 59.4 Å². The van der Waals surface area contributed by atoms with Crippen molar-refractivity contribution in [1.29, 1.82) is 0 Å². The van der Waals surface area contributed by atoms with E-state index in [1.165, 1.54) is 0 Å². The minimum absolute atomic E-state index is 0.0347. The molecular formula is C23H14F9NO2. The molecule has 0 aliphatic carbocycles. The van der Waals surface area contributed by atoms with Gasteiger partial charge in [0.25, 0.3) is 0 Å². The van der Waals surface area contributed by atoms with E-state index in [2.05, 4.69) is 9.72 Å². The van der Waals surface area contributed by atoms with Gasteiger partial charge in [-0.1, -0.05) is 12.1 Å². The van der Waals surface area contributed by atoms with Crippen molar-refractivity contribution >= 4 is 5.78 Å². The predicted octanol–water partition coefficient (Wildman–Crippen LogP) is 7.42. The van der Waals surface area contributed by atoms with Gasteiger partial charge in [0.15, 0.2) is 5.78 Å². The molecular weight excluding hydrogens is 493 g/mol. The molecule has 186 valence electrons. The molecule has 0 bridgehead atoms. The Morgan fingerprint density at radius 3 is 1.91 bits per heavy atom. The van der Waals surface area contributed by atoms with Crippen LogP contribution in [0.3, 0.4) is 0 Å². The minimum Gasteiger partial charge on any atom is -0.406 e. The highest BCUT2D eigenvalue weighted by atomic mass is 19.4. The van der Waals surface area contributed by atoms with E-state index in [0.717, 1.165) is 54.7 Å². The normalized spacial score (nSPS) is 13.4. The predicted molar refractivity (Wildman–Crippen MR) is 105 cm³/mol. The fourth-order valence-electron chi connectivity index (χ4n) is 3.36. The lowest BCUT2D eigenvalue weighted by atomic mass is 9.86. The molecule has 35 heavy (non-hydrogen) atoms. The number of Topliss-reactive ketones (excluding diaryl/α,β-unsaturated/α-hetero) is 1. The summed E-state index contributed by atoms with van der Waals surface area (Å²) < 4.78 is 120. The van der Waals surface area contributed by atoms with Crippen molar-refractivity contribution in [3.8, 4) is 5.75 Å². The molecule has 0 N–H and O–H groups in total. The summed E-state index contributed by atoms with van der Waals surface area (Å²) in [6.45, 7) is 0. The van der Waals surface area contributed by atoms with Gasteiger partial charge in [0.2, 0.25) is 0 Å². The van der Waals surface area contributed by atoms with Crippen LogP contribution in [0.25, 0.3) is 0 Å². The van der Waals surface area contributed by atoms with Crippen molar-refractivity contribution in [3.05, 3.63) is 94.8 Å². The SMILES string of the molecule is O=C(C[C@@H](c1ccc(C(F)(F)F)cc1)c1ncccc1C(F)(F)F)c1ccc(OC(F)(F)F)cc1. The second kappa shape index (κ2) is 9.59. The number of carbonyl (C=O) groups is 1. The molecule has 0 aliphatic rings. The maximum Gasteiger partial charge on any atom is 0.573 e. The standard InChI is InChI=1S/C23H14F9NO2/c24-21(25,26)15-7-3-13(4-8-15)17(20-18(22(27,28)29)2-1-11-33-20)12-19(34)14-5-9-16(10-6-14)35-23(30,31)32/h1-11,17H,12H2/t17-/m0/s1. The van der Waals surface area contributed by atoms with Crippen LogP contribution in [-0.4, -0.2) is 17.1 Å². The molecule has 12 heteroatoms. The Morgan fingerprint density at radius 2 is 1.40 bits per heavy atom. The first-order chi connectivity index (χ1) is 16.1. The molecule has 0 spiro atoms. The van der Waals surface area contributed by atoms with E-state index in [4.69, 9.17) is 0 Å². The van der Waals surface area contributed by atoms with E-state index in [1.807, 2.05) is 0 Å². The first kappa shape index (κ1) is 26.0. The smallest absolute Gasteiger partial charge is 0.406 e. The third kappa shape index (κ3) is 6.74. The first-order valence-electron chi connectivity index (χ1n) is 9.73. The second-order valence-electron chi connectivity index (χ2n) is 7.31. The third-order valence-corrected chi connectivity index (χ3v) is 4.91. The fraction of sp³-hybridized carbons (Fsp3) is 0.217. The van der Waals surface area contributed by atoms with E-state index in [9.17, 15) is 44.3 Å². The van der Waals surface area contributed by atoms with Crippen molar-refractivity contribution in [2.75, 3.05) is 0 Å². The van der Waals surface area contributed by atoms with Gasteiger partial charge < -0.3 is 4.74 Å². The number of ketones is 1. The largest absolute Gasteiger partial charge is 0.573 e. The molecule has 1 aromatic heterocycles. The Bertz CT molecular complexity index is 1170. The third-order valence-electron chi connectivity index (χ3n) is 4.91. The van der Waals surface area contributed by atoms with Crippen LogP contribution in [0.2, 0.25) is 0 Å². The van der Waals surface area contributed by atoms with Crippen molar-refractivity contribution in [2.45, 2.75) is 31.1 Å². The van der Waals surface area contributed by atoms with Crippen LogP contribution in [0, 0.1) is 0 Å². The Kier molecular flexibility index (Phi) is 7.13. The van der Waals surface area contributed by atoms with Gasteiger partial charge in [0.05, 0.1) is 16.8 Å². The van der Waals surface area contributed by atoms with Crippen LogP contribution in [0.4, 0.5) is 39.5 Å². The number of carbonyl (C=O) groups excluding carboxylic acids is 1. The molecule has 3 aromatic rings. The summed E-state index contributed by atoms with van der Waals surface area (Å²) in [5, 5.41) is 0. The van der Waals surface area contributed by atoms with E-state index >= 15 is 0 Å². The number of hydrogen-bond acceptors (Lipinski definition) is 3. The molecule has 0 amide bonds. The Hall–Kier alpha value is -3.57. The van der Waals surface area contributed by atoms with Crippen molar-refractivity contribution in [2.24, 2.45) is 0 Å². The van der Waals surface area contributed by atoms with Gasteiger partial charge in [-0.05, 0) is 54.1 Å². The molecule has 1 atom stereocenters. The second-order valence-corrected chi connectivity index (χ2v) is 7.31. The number of aromatic nitrogens is 1. The average Bonchev–Trinajstić information content (AvgIpc) is 2.76. The molecule has 3 nitrogen and oxygen atoms in total. The number of pyridine rings is 1. The molecule has 0 unspecified atom stereocenters. The van der Waals surface area contributed by atoms with Crippen LogP contribution in [0.15, 0.2) is 66.9 Å². The summed E-state index contributed by atoms with van der Waals surface area (Å²) in [6.07, 6.45) is -14.1. The van der Waals surface area contributed by atoms with Crippen molar-refractivity contribution in [1.82, 2.24) is 4.98 Å². The summed E-state index contributed by atoms with van der Waals surface area (Å²) in [5.74, 6) is -2.78. The Labute approximate surface area is 192 Å². The summed E-state index contributed by atoms with van der Waals surface area (Å²) in [7, 11) is 0. The fourth-order valence-corrected chi connectivity index (χ4v) is 3.36. The van der Waals surface area contributed by atoms with Crippen LogP contribution in [-0.2, 0) is 12.4 Å². The summed E-state index contributed by atoms with van der Waals surface area (Å²) >= 11 is 0. The van der Waals surface area contributed by atoms with E-state index in [0.29, 0.717) is 12.1 Å². The number of benzene rings is 2. The van der Waals surface area contributed by atoms with E-state index in [1.54, 1.807) is 0 Å². The molecule has 3 rings (SSSR count). The number of hydrogen-bond donors (Lipinski definition) is 0. The molecule has 0 fully saturated rings. The number of alkyl halides is 9. The van der Waals surface area contributed by atoms with Crippen LogP contribution >= 0.6 is 0 Å². The highest BCUT2D eigenvalue weighted by molar-refractivity contribution is 5.97. The van der Waals surface area contributed by atoms with Gasteiger partial charge in [-0.15, -0.1) is 13.2 Å². The highest BCUT2D eigenvalue weighted by Gasteiger charge is 2.37. The van der Waals surface area contributed by atoms with Crippen molar-refractivity contribution in [3.63, 3.8) is 0 Å². The zero-order valence-electron chi connectivity index (χ0n) is 17.3. The van der Waals surface area contributed by atoms with Gasteiger partial charge in [0, 0.05) is 24.1 Å². The molecule has 0 radical (unpaired) electrons. The average molecular weight is 507 g/mol. The van der Waals surface area contributed by atoms with Crippen LogP contribution in [0.1, 0.15) is 45.1 Å². The topological polar surface area (TPSA) is 39.2 Å². The molecule has 1 heterocycles. The molecule has 0 aliphatic heterocycles. The van der Waals surface area contributed by atoms with Crippen LogP contribution < -0.4 is 4.74 Å². The lowest BCUT2D eigenvalue weighted by molar-refractivity contribution is -0.274. The highest BCUT2D eigenvalue weighted by Crippen LogP contribution is 2.39. The summed E-state index contributed by atoms with van der Waals surface area (Å²) in [4.78, 5) is 16.6.